The third-order valence-corrected chi connectivity index (χ3v) is 7.06. The summed E-state index contributed by atoms with van der Waals surface area (Å²) in [4.78, 5) is 0. The Morgan fingerprint density at radius 2 is 1.44 bits per heavy atom. The second-order valence-corrected chi connectivity index (χ2v) is 8.40. The van der Waals surface area contributed by atoms with Gasteiger partial charge in [0.2, 0.25) is 0 Å². The molecule has 0 aliphatic heterocycles. The zero-order valence-electron chi connectivity index (χ0n) is 9.78. The first kappa shape index (κ1) is 10.1. The molecule has 5 aliphatic rings. The highest BCUT2D eigenvalue weighted by Gasteiger charge is 2.54. The molecular weight excluding hydrogens is 218 g/mol. The van der Waals surface area contributed by atoms with Gasteiger partial charge in [-0.05, 0) is 69.1 Å². The van der Waals surface area contributed by atoms with Gasteiger partial charge in [0.05, 0.1) is 15.7 Å². The molecule has 0 spiro atoms. The van der Waals surface area contributed by atoms with Crippen molar-refractivity contribution in [2.75, 3.05) is 0 Å². The molecule has 3 heteroatoms. The molecule has 5 rings (SSSR count). The molecule has 4 bridgehead atoms. The smallest absolute Gasteiger partial charge is 0.0981 e. The van der Waals surface area contributed by atoms with E-state index >= 15 is 0 Å². The van der Waals surface area contributed by atoms with E-state index in [1.165, 1.54) is 51.4 Å². The average molecular weight is 239 g/mol. The maximum atomic E-state index is 12.5. The maximum absolute atomic E-state index is 12.5. The summed E-state index contributed by atoms with van der Waals surface area (Å²) < 4.78 is 16.1. The molecule has 0 aromatic heterocycles. The lowest BCUT2D eigenvalue weighted by molar-refractivity contribution is 0.0356. The van der Waals surface area contributed by atoms with Crippen LogP contribution in [0.25, 0.3) is 0 Å². The standard InChI is InChI=1S/C13H21NOS/c15-16(14-12-1-2-12)13-6-9-3-10(7-13)5-11(4-9)8-13/h9-12,14H,1-8H2. The summed E-state index contributed by atoms with van der Waals surface area (Å²) in [6.07, 6.45) is 10.6. The van der Waals surface area contributed by atoms with E-state index in [0.717, 1.165) is 17.8 Å². The molecule has 16 heavy (non-hydrogen) atoms. The van der Waals surface area contributed by atoms with E-state index < -0.39 is 11.0 Å². The average Bonchev–Trinajstić information content (AvgIpc) is 2.99. The van der Waals surface area contributed by atoms with Gasteiger partial charge in [-0.2, -0.15) is 0 Å². The Balaban J connectivity index is 1.58. The lowest BCUT2D eigenvalue weighted by Gasteiger charge is -2.55. The van der Waals surface area contributed by atoms with Crippen molar-refractivity contribution in [1.29, 1.82) is 0 Å². The molecule has 2 nitrogen and oxygen atoms in total. The Morgan fingerprint density at radius 1 is 0.938 bits per heavy atom. The summed E-state index contributed by atoms with van der Waals surface area (Å²) in [5.41, 5.74) is 0. The second kappa shape index (κ2) is 3.32. The van der Waals surface area contributed by atoms with E-state index in [4.69, 9.17) is 0 Å². The fourth-order valence-electron chi connectivity index (χ4n) is 4.74. The highest BCUT2D eigenvalue weighted by atomic mass is 32.2. The second-order valence-electron chi connectivity index (χ2n) is 6.76. The highest BCUT2D eigenvalue weighted by Crippen LogP contribution is 2.57. The first-order chi connectivity index (χ1) is 7.73. The van der Waals surface area contributed by atoms with Crippen LogP contribution in [0, 0.1) is 17.8 Å². The van der Waals surface area contributed by atoms with E-state index in [9.17, 15) is 4.21 Å². The lowest BCUT2D eigenvalue weighted by Crippen LogP contribution is -2.55. The van der Waals surface area contributed by atoms with Crippen LogP contribution >= 0.6 is 0 Å². The van der Waals surface area contributed by atoms with Gasteiger partial charge >= 0.3 is 0 Å². The monoisotopic (exact) mass is 239 g/mol. The molecule has 0 saturated heterocycles. The Kier molecular flexibility index (Phi) is 2.09. The van der Waals surface area contributed by atoms with Gasteiger partial charge in [-0.25, -0.2) is 8.93 Å². The number of rotatable bonds is 3. The van der Waals surface area contributed by atoms with Gasteiger partial charge in [-0.15, -0.1) is 0 Å². The summed E-state index contributed by atoms with van der Waals surface area (Å²) in [5.74, 6) is 2.74. The summed E-state index contributed by atoms with van der Waals surface area (Å²) in [6.45, 7) is 0. The SMILES string of the molecule is O=S(NC1CC1)C12CC3CC(CC(C3)C1)C2. The normalized spacial score (nSPS) is 51.9. The summed E-state index contributed by atoms with van der Waals surface area (Å²) >= 11 is 0. The van der Waals surface area contributed by atoms with Crippen LogP contribution in [0.4, 0.5) is 0 Å². The minimum absolute atomic E-state index is 0.192. The first-order valence-corrected chi connectivity index (χ1v) is 8.06. The predicted octanol–water partition coefficient (Wildman–Crippen LogP) is 2.37. The molecule has 0 aromatic rings. The Hall–Kier alpha value is 0.110. The molecule has 0 radical (unpaired) electrons. The van der Waals surface area contributed by atoms with Gasteiger partial charge in [0.15, 0.2) is 0 Å². The van der Waals surface area contributed by atoms with Crippen LogP contribution < -0.4 is 4.72 Å². The highest BCUT2D eigenvalue weighted by molar-refractivity contribution is 7.84. The Bertz CT molecular complexity index is 302. The van der Waals surface area contributed by atoms with Crippen molar-refractivity contribution in [3.63, 3.8) is 0 Å². The fourth-order valence-corrected chi connectivity index (χ4v) is 6.69. The van der Waals surface area contributed by atoms with Gasteiger partial charge in [0.1, 0.15) is 0 Å². The maximum Gasteiger partial charge on any atom is 0.0981 e. The van der Waals surface area contributed by atoms with E-state index in [0.29, 0.717) is 6.04 Å². The van der Waals surface area contributed by atoms with Crippen LogP contribution in [0.5, 0.6) is 0 Å². The van der Waals surface area contributed by atoms with Gasteiger partial charge in [0, 0.05) is 6.04 Å². The zero-order chi connectivity index (χ0) is 10.8. The van der Waals surface area contributed by atoms with E-state index in [2.05, 4.69) is 4.72 Å². The zero-order valence-corrected chi connectivity index (χ0v) is 10.6. The molecule has 90 valence electrons. The van der Waals surface area contributed by atoms with Crippen LogP contribution in [0.2, 0.25) is 0 Å². The third kappa shape index (κ3) is 1.51. The van der Waals surface area contributed by atoms with Gasteiger partial charge in [-0.3, -0.25) is 0 Å². The molecule has 5 fully saturated rings. The molecule has 5 aliphatic carbocycles. The molecule has 1 N–H and O–H groups in total. The minimum atomic E-state index is -0.742. The van der Waals surface area contributed by atoms with Crippen molar-refractivity contribution in [3.05, 3.63) is 0 Å². The van der Waals surface area contributed by atoms with E-state index in [1.807, 2.05) is 0 Å². The van der Waals surface area contributed by atoms with Crippen molar-refractivity contribution in [3.8, 4) is 0 Å². The van der Waals surface area contributed by atoms with Crippen LogP contribution in [0.15, 0.2) is 0 Å². The predicted molar refractivity (Wildman–Crippen MR) is 65.2 cm³/mol. The minimum Gasteiger partial charge on any atom is -0.242 e. The van der Waals surface area contributed by atoms with Crippen molar-refractivity contribution >= 4 is 11.0 Å². The van der Waals surface area contributed by atoms with E-state index in [1.54, 1.807) is 0 Å². The number of nitrogens with one attached hydrogen (secondary N) is 1. The number of hydrogen-bond acceptors (Lipinski definition) is 1. The van der Waals surface area contributed by atoms with Crippen molar-refractivity contribution in [2.24, 2.45) is 17.8 Å². The molecular formula is C13H21NOS. The molecule has 1 atom stereocenters. The molecule has 1 unspecified atom stereocenters. The van der Waals surface area contributed by atoms with E-state index in [-0.39, 0.29) is 4.75 Å². The van der Waals surface area contributed by atoms with Crippen molar-refractivity contribution < 1.29 is 4.21 Å². The van der Waals surface area contributed by atoms with Crippen molar-refractivity contribution in [1.82, 2.24) is 4.72 Å². The molecule has 0 amide bonds. The third-order valence-electron chi connectivity index (χ3n) is 5.23. The van der Waals surface area contributed by atoms with Gasteiger partial charge < -0.3 is 0 Å². The number of hydrogen-bond donors (Lipinski definition) is 1. The Morgan fingerprint density at radius 3 is 1.88 bits per heavy atom. The topological polar surface area (TPSA) is 29.1 Å². The quantitative estimate of drug-likeness (QED) is 0.805. The summed E-state index contributed by atoms with van der Waals surface area (Å²) in [7, 11) is -0.742. The first-order valence-electron chi connectivity index (χ1n) is 6.91. The summed E-state index contributed by atoms with van der Waals surface area (Å²) in [5, 5.41) is 0. The van der Waals surface area contributed by atoms with Crippen molar-refractivity contribution in [2.45, 2.75) is 62.2 Å². The van der Waals surface area contributed by atoms with Gasteiger partial charge in [-0.1, -0.05) is 0 Å². The largest absolute Gasteiger partial charge is 0.242 e. The van der Waals surface area contributed by atoms with Gasteiger partial charge in [0.25, 0.3) is 0 Å². The fraction of sp³-hybridized carbons (Fsp3) is 1.00. The lowest BCUT2D eigenvalue weighted by atomic mass is 9.56. The van der Waals surface area contributed by atoms with Crippen LogP contribution in [0.1, 0.15) is 51.4 Å². The van der Waals surface area contributed by atoms with Crippen LogP contribution in [-0.2, 0) is 11.0 Å². The molecule has 5 saturated carbocycles. The Labute approximate surface area is 100 Å². The van der Waals surface area contributed by atoms with Crippen LogP contribution in [0.3, 0.4) is 0 Å². The molecule has 0 heterocycles. The summed E-state index contributed by atoms with van der Waals surface area (Å²) in [6, 6.07) is 0.592. The van der Waals surface area contributed by atoms with Crippen LogP contribution in [-0.4, -0.2) is 15.0 Å². The molecule has 0 aromatic carbocycles.